The standard InChI is InChI=1S/C13H15N3O2/c1-10-9-15(6-7-18-10)12-8-13(17)16-5-3-2-4-11(16)14-12/h2-5,8,10H,6-7,9H2,1H3. The number of fused-ring (bicyclic) bond motifs is 1. The maximum Gasteiger partial charge on any atom is 0.259 e. The zero-order valence-corrected chi connectivity index (χ0v) is 10.2. The zero-order valence-electron chi connectivity index (χ0n) is 10.2. The molecule has 1 aliphatic rings. The first kappa shape index (κ1) is 11.2. The lowest BCUT2D eigenvalue weighted by Gasteiger charge is -2.31. The predicted molar refractivity (Wildman–Crippen MR) is 69.1 cm³/mol. The number of hydrogen-bond acceptors (Lipinski definition) is 4. The monoisotopic (exact) mass is 245 g/mol. The van der Waals surface area contributed by atoms with Gasteiger partial charge in [-0.25, -0.2) is 4.98 Å². The van der Waals surface area contributed by atoms with Crippen molar-refractivity contribution in [3.63, 3.8) is 0 Å². The minimum absolute atomic E-state index is 0.0465. The largest absolute Gasteiger partial charge is 0.375 e. The molecule has 0 saturated carbocycles. The Labute approximate surface area is 105 Å². The number of rotatable bonds is 1. The van der Waals surface area contributed by atoms with Gasteiger partial charge in [0.2, 0.25) is 0 Å². The van der Waals surface area contributed by atoms with E-state index in [0.717, 1.165) is 18.9 Å². The molecule has 1 atom stereocenters. The summed E-state index contributed by atoms with van der Waals surface area (Å²) in [5.41, 5.74) is 0.633. The molecule has 0 amide bonds. The maximum atomic E-state index is 12.0. The Morgan fingerprint density at radius 1 is 1.44 bits per heavy atom. The molecule has 2 aromatic heterocycles. The highest BCUT2D eigenvalue weighted by Gasteiger charge is 2.18. The minimum Gasteiger partial charge on any atom is -0.375 e. The summed E-state index contributed by atoms with van der Waals surface area (Å²) in [6.07, 6.45) is 1.91. The van der Waals surface area contributed by atoms with Gasteiger partial charge in [0.25, 0.3) is 5.56 Å². The van der Waals surface area contributed by atoms with Gasteiger partial charge in [0.05, 0.1) is 12.7 Å². The Bertz CT molecular complexity index is 623. The van der Waals surface area contributed by atoms with Crippen molar-refractivity contribution < 1.29 is 4.74 Å². The molecule has 3 heterocycles. The van der Waals surface area contributed by atoms with Crippen molar-refractivity contribution >= 4 is 11.5 Å². The molecule has 0 N–H and O–H groups in total. The van der Waals surface area contributed by atoms with Crippen molar-refractivity contribution in [1.82, 2.24) is 9.38 Å². The van der Waals surface area contributed by atoms with Gasteiger partial charge < -0.3 is 9.64 Å². The summed E-state index contributed by atoms with van der Waals surface area (Å²) < 4.78 is 7.04. The summed E-state index contributed by atoms with van der Waals surface area (Å²) in [6, 6.07) is 7.14. The molecule has 1 saturated heterocycles. The number of anilines is 1. The highest BCUT2D eigenvalue weighted by Crippen LogP contribution is 2.14. The Kier molecular flexibility index (Phi) is 2.76. The van der Waals surface area contributed by atoms with E-state index in [4.69, 9.17) is 4.74 Å². The van der Waals surface area contributed by atoms with E-state index in [1.165, 1.54) is 0 Å². The number of morpholine rings is 1. The first-order valence-corrected chi connectivity index (χ1v) is 6.09. The number of nitrogens with zero attached hydrogens (tertiary/aromatic N) is 3. The van der Waals surface area contributed by atoms with Gasteiger partial charge in [0, 0.05) is 25.4 Å². The SMILES string of the molecule is CC1CN(c2cc(=O)n3ccccc3n2)CCO1. The molecule has 0 aliphatic carbocycles. The topological polar surface area (TPSA) is 46.8 Å². The van der Waals surface area contributed by atoms with Crippen molar-refractivity contribution in [3.05, 3.63) is 40.8 Å². The van der Waals surface area contributed by atoms with Gasteiger partial charge in [-0.1, -0.05) is 6.07 Å². The molecule has 0 aromatic carbocycles. The van der Waals surface area contributed by atoms with E-state index in [1.54, 1.807) is 16.7 Å². The summed E-state index contributed by atoms with van der Waals surface area (Å²) in [6.45, 7) is 4.26. The van der Waals surface area contributed by atoms with Gasteiger partial charge in [0.1, 0.15) is 11.5 Å². The molecule has 1 fully saturated rings. The average Bonchev–Trinajstić information content (AvgIpc) is 2.39. The molecular weight excluding hydrogens is 230 g/mol. The van der Waals surface area contributed by atoms with Crippen LogP contribution in [0.2, 0.25) is 0 Å². The molecule has 0 spiro atoms. The highest BCUT2D eigenvalue weighted by atomic mass is 16.5. The third-order valence-electron chi connectivity index (χ3n) is 3.12. The quantitative estimate of drug-likeness (QED) is 0.749. The van der Waals surface area contributed by atoms with Gasteiger partial charge >= 0.3 is 0 Å². The number of hydrogen-bond donors (Lipinski definition) is 0. The van der Waals surface area contributed by atoms with Crippen molar-refractivity contribution in [2.45, 2.75) is 13.0 Å². The summed E-state index contributed by atoms with van der Waals surface area (Å²) >= 11 is 0. The molecule has 5 nitrogen and oxygen atoms in total. The fourth-order valence-electron chi connectivity index (χ4n) is 2.23. The lowest BCUT2D eigenvalue weighted by Crippen LogP contribution is -2.42. The minimum atomic E-state index is -0.0465. The van der Waals surface area contributed by atoms with Crippen molar-refractivity contribution in [1.29, 1.82) is 0 Å². The lowest BCUT2D eigenvalue weighted by molar-refractivity contribution is 0.0529. The Hall–Kier alpha value is -1.88. The maximum absolute atomic E-state index is 12.0. The van der Waals surface area contributed by atoms with Crippen LogP contribution in [0, 0.1) is 0 Å². The van der Waals surface area contributed by atoms with Crippen LogP contribution in [0.4, 0.5) is 5.82 Å². The van der Waals surface area contributed by atoms with Gasteiger partial charge in [-0.3, -0.25) is 9.20 Å². The average molecular weight is 245 g/mol. The summed E-state index contributed by atoms with van der Waals surface area (Å²) in [4.78, 5) is 18.6. The number of aromatic nitrogens is 2. The second-order valence-corrected chi connectivity index (χ2v) is 4.51. The number of pyridine rings is 1. The second-order valence-electron chi connectivity index (χ2n) is 4.51. The Morgan fingerprint density at radius 3 is 3.17 bits per heavy atom. The molecule has 18 heavy (non-hydrogen) atoms. The van der Waals surface area contributed by atoms with Crippen molar-refractivity contribution in [2.24, 2.45) is 0 Å². The van der Waals surface area contributed by atoms with Crippen LogP contribution in [0.5, 0.6) is 0 Å². The van der Waals surface area contributed by atoms with E-state index in [2.05, 4.69) is 9.88 Å². The third-order valence-corrected chi connectivity index (χ3v) is 3.12. The van der Waals surface area contributed by atoms with Crippen LogP contribution in [-0.2, 0) is 4.74 Å². The first-order chi connectivity index (χ1) is 8.74. The molecule has 94 valence electrons. The van der Waals surface area contributed by atoms with Crippen LogP contribution in [0.1, 0.15) is 6.92 Å². The lowest BCUT2D eigenvalue weighted by atomic mass is 10.3. The molecule has 1 unspecified atom stereocenters. The van der Waals surface area contributed by atoms with Crippen LogP contribution in [0.15, 0.2) is 35.3 Å². The van der Waals surface area contributed by atoms with E-state index in [-0.39, 0.29) is 11.7 Å². The van der Waals surface area contributed by atoms with Crippen LogP contribution in [0.3, 0.4) is 0 Å². The summed E-state index contributed by atoms with van der Waals surface area (Å²) in [7, 11) is 0. The first-order valence-electron chi connectivity index (χ1n) is 6.09. The van der Waals surface area contributed by atoms with Crippen LogP contribution in [0.25, 0.3) is 5.65 Å². The van der Waals surface area contributed by atoms with Gasteiger partial charge in [-0.2, -0.15) is 0 Å². The van der Waals surface area contributed by atoms with Crippen molar-refractivity contribution in [2.75, 3.05) is 24.6 Å². The molecular formula is C13H15N3O2. The molecule has 2 aromatic rings. The Morgan fingerprint density at radius 2 is 2.33 bits per heavy atom. The van der Waals surface area contributed by atoms with Gasteiger partial charge in [-0.15, -0.1) is 0 Å². The molecule has 5 heteroatoms. The Balaban J connectivity index is 2.04. The van der Waals surface area contributed by atoms with Gasteiger partial charge in [-0.05, 0) is 19.1 Å². The normalized spacial score (nSPS) is 20.3. The van der Waals surface area contributed by atoms with E-state index >= 15 is 0 Å². The van der Waals surface area contributed by atoms with Crippen molar-refractivity contribution in [3.8, 4) is 0 Å². The van der Waals surface area contributed by atoms with E-state index < -0.39 is 0 Å². The fraction of sp³-hybridized carbons (Fsp3) is 0.385. The fourth-order valence-corrected chi connectivity index (χ4v) is 2.23. The van der Waals surface area contributed by atoms with E-state index in [0.29, 0.717) is 12.3 Å². The summed E-state index contributed by atoms with van der Waals surface area (Å²) in [5, 5.41) is 0. The van der Waals surface area contributed by atoms with E-state index in [9.17, 15) is 4.79 Å². The summed E-state index contributed by atoms with van der Waals surface area (Å²) in [5.74, 6) is 0.737. The van der Waals surface area contributed by atoms with Crippen LogP contribution < -0.4 is 10.5 Å². The van der Waals surface area contributed by atoms with Crippen LogP contribution in [-0.4, -0.2) is 35.2 Å². The molecule has 0 bridgehead atoms. The predicted octanol–water partition coefficient (Wildman–Crippen LogP) is 0.920. The molecule has 3 rings (SSSR count). The smallest absolute Gasteiger partial charge is 0.259 e. The highest BCUT2D eigenvalue weighted by molar-refractivity contribution is 5.48. The van der Waals surface area contributed by atoms with Crippen LogP contribution >= 0.6 is 0 Å². The molecule has 0 radical (unpaired) electrons. The third kappa shape index (κ3) is 1.97. The van der Waals surface area contributed by atoms with E-state index in [1.807, 2.05) is 25.1 Å². The second kappa shape index (κ2) is 4.42. The number of ether oxygens (including phenoxy) is 1. The molecule has 1 aliphatic heterocycles. The zero-order chi connectivity index (χ0) is 12.5. The van der Waals surface area contributed by atoms with Gasteiger partial charge in [0.15, 0.2) is 0 Å².